The quantitative estimate of drug-likeness (QED) is 0.470. The summed E-state index contributed by atoms with van der Waals surface area (Å²) < 4.78 is 4.82. The van der Waals surface area contributed by atoms with E-state index >= 15 is 0 Å². The second-order valence-electron chi connectivity index (χ2n) is 5.87. The molecule has 0 radical (unpaired) electrons. The molecular weight excluding hydrogens is 252 g/mol. The maximum absolute atomic E-state index is 11.7. The minimum atomic E-state index is -0.193. The van der Waals surface area contributed by atoms with Crippen molar-refractivity contribution in [3.8, 4) is 0 Å². The molecule has 0 N–H and O–H groups in total. The summed E-state index contributed by atoms with van der Waals surface area (Å²) in [7, 11) is 1.40. The standard InChI is InChI=1S/C17H20O3/c1-17(2)14(15(17)16(19)20-3)10-13(11-18)9-12-7-5-4-6-8-12/h4-8,10-11,14-15H,9H2,1-3H3/t14-,15+/m0/s1. The number of ether oxygens (including phenoxy) is 1. The van der Waals surface area contributed by atoms with E-state index < -0.39 is 0 Å². The van der Waals surface area contributed by atoms with Crippen molar-refractivity contribution in [3.63, 3.8) is 0 Å². The summed E-state index contributed by atoms with van der Waals surface area (Å²) in [5, 5.41) is 0. The maximum atomic E-state index is 11.7. The van der Waals surface area contributed by atoms with Crippen LogP contribution in [-0.2, 0) is 20.7 Å². The van der Waals surface area contributed by atoms with E-state index in [0.717, 1.165) is 17.4 Å². The van der Waals surface area contributed by atoms with E-state index in [1.807, 2.05) is 50.3 Å². The number of aldehydes is 1. The van der Waals surface area contributed by atoms with Crippen LogP contribution in [0.3, 0.4) is 0 Å². The Morgan fingerprint density at radius 2 is 1.95 bits per heavy atom. The highest BCUT2D eigenvalue weighted by molar-refractivity contribution is 5.80. The van der Waals surface area contributed by atoms with E-state index in [4.69, 9.17) is 4.74 Å². The molecule has 2 atom stereocenters. The normalized spacial score (nSPS) is 24.1. The summed E-state index contributed by atoms with van der Waals surface area (Å²) >= 11 is 0. The van der Waals surface area contributed by atoms with Gasteiger partial charge >= 0.3 is 5.97 Å². The van der Waals surface area contributed by atoms with Crippen LogP contribution < -0.4 is 0 Å². The van der Waals surface area contributed by atoms with Gasteiger partial charge in [0.15, 0.2) is 0 Å². The maximum Gasteiger partial charge on any atom is 0.309 e. The van der Waals surface area contributed by atoms with Gasteiger partial charge in [0.25, 0.3) is 0 Å². The molecule has 0 spiro atoms. The van der Waals surface area contributed by atoms with Gasteiger partial charge in [0.05, 0.1) is 13.0 Å². The number of allylic oxidation sites excluding steroid dienone is 2. The van der Waals surface area contributed by atoms with E-state index in [1.54, 1.807) is 0 Å². The van der Waals surface area contributed by atoms with Crippen LogP contribution in [0.4, 0.5) is 0 Å². The van der Waals surface area contributed by atoms with Crippen LogP contribution in [-0.4, -0.2) is 19.4 Å². The number of benzene rings is 1. The molecule has 1 aromatic carbocycles. The van der Waals surface area contributed by atoms with Crippen molar-refractivity contribution in [3.05, 3.63) is 47.5 Å². The van der Waals surface area contributed by atoms with Crippen molar-refractivity contribution < 1.29 is 14.3 Å². The van der Waals surface area contributed by atoms with Gasteiger partial charge < -0.3 is 4.74 Å². The number of rotatable bonds is 5. The van der Waals surface area contributed by atoms with Crippen LogP contribution >= 0.6 is 0 Å². The molecule has 1 aromatic rings. The van der Waals surface area contributed by atoms with Gasteiger partial charge in [-0.1, -0.05) is 50.3 Å². The lowest BCUT2D eigenvalue weighted by Crippen LogP contribution is -2.07. The van der Waals surface area contributed by atoms with Crippen LogP contribution in [0.25, 0.3) is 0 Å². The molecule has 0 amide bonds. The zero-order valence-corrected chi connectivity index (χ0v) is 12.1. The van der Waals surface area contributed by atoms with Crippen LogP contribution in [0.15, 0.2) is 42.0 Å². The molecule has 1 fully saturated rings. The third kappa shape index (κ3) is 2.82. The third-order valence-electron chi connectivity index (χ3n) is 4.16. The van der Waals surface area contributed by atoms with Crippen molar-refractivity contribution >= 4 is 12.3 Å². The topological polar surface area (TPSA) is 43.4 Å². The first-order valence-electron chi connectivity index (χ1n) is 6.78. The Hall–Kier alpha value is -1.90. The number of methoxy groups -OCH3 is 1. The molecule has 3 nitrogen and oxygen atoms in total. The third-order valence-corrected chi connectivity index (χ3v) is 4.16. The Bertz CT molecular complexity index is 528. The minimum absolute atomic E-state index is 0.0823. The number of hydrogen-bond donors (Lipinski definition) is 0. The van der Waals surface area contributed by atoms with Crippen molar-refractivity contribution in [2.75, 3.05) is 7.11 Å². The molecular formula is C17H20O3. The van der Waals surface area contributed by atoms with Crippen molar-refractivity contribution in [1.82, 2.24) is 0 Å². The smallest absolute Gasteiger partial charge is 0.309 e. The van der Waals surface area contributed by atoms with E-state index in [-0.39, 0.29) is 23.2 Å². The zero-order chi connectivity index (χ0) is 14.8. The van der Waals surface area contributed by atoms with Crippen LogP contribution in [0.1, 0.15) is 19.4 Å². The zero-order valence-electron chi connectivity index (χ0n) is 12.1. The van der Waals surface area contributed by atoms with Gasteiger partial charge in [0.2, 0.25) is 0 Å². The Kier molecular flexibility index (Phi) is 4.07. The molecule has 2 rings (SSSR count). The molecule has 1 saturated carbocycles. The largest absolute Gasteiger partial charge is 0.469 e. The molecule has 3 heteroatoms. The van der Waals surface area contributed by atoms with Gasteiger partial charge in [-0.2, -0.15) is 0 Å². The highest BCUT2D eigenvalue weighted by Gasteiger charge is 2.61. The van der Waals surface area contributed by atoms with Gasteiger partial charge in [-0.25, -0.2) is 0 Å². The van der Waals surface area contributed by atoms with Gasteiger partial charge in [0, 0.05) is 6.42 Å². The van der Waals surface area contributed by atoms with Crippen LogP contribution in [0, 0.1) is 17.3 Å². The highest BCUT2D eigenvalue weighted by Crippen LogP contribution is 2.59. The van der Waals surface area contributed by atoms with E-state index in [0.29, 0.717) is 6.42 Å². The molecule has 0 bridgehead atoms. The van der Waals surface area contributed by atoms with Crippen molar-refractivity contribution in [2.45, 2.75) is 20.3 Å². The Balaban J connectivity index is 2.13. The van der Waals surface area contributed by atoms with Crippen molar-refractivity contribution in [1.29, 1.82) is 0 Å². The second-order valence-corrected chi connectivity index (χ2v) is 5.87. The first-order valence-corrected chi connectivity index (χ1v) is 6.78. The summed E-state index contributed by atoms with van der Waals surface area (Å²) in [6, 6.07) is 9.84. The molecule has 1 aliphatic carbocycles. The van der Waals surface area contributed by atoms with E-state index in [2.05, 4.69) is 0 Å². The second kappa shape index (κ2) is 5.61. The highest BCUT2D eigenvalue weighted by atomic mass is 16.5. The molecule has 1 aliphatic rings. The van der Waals surface area contributed by atoms with Gasteiger partial charge in [-0.05, 0) is 22.5 Å². The number of carbonyl (C=O) groups excluding carboxylic acids is 2. The number of hydrogen-bond acceptors (Lipinski definition) is 3. The van der Waals surface area contributed by atoms with Crippen LogP contribution in [0.5, 0.6) is 0 Å². The number of carbonyl (C=O) groups is 2. The Morgan fingerprint density at radius 3 is 2.50 bits per heavy atom. The minimum Gasteiger partial charge on any atom is -0.469 e. The van der Waals surface area contributed by atoms with E-state index in [1.165, 1.54) is 7.11 Å². The molecule has 0 aromatic heterocycles. The summed E-state index contributed by atoms with van der Waals surface area (Å²) in [4.78, 5) is 22.9. The fourth-order valence-electron chi connectivity index (χ4n) is 2.77. The SMILES string of the molecule is COC(=O)[C@H]1[C@H](C=C(C=O)Cc2ccccc2)C1(C)C. The Morgan fingerprint density at radius 1 is 1.30 bits per heavy atom. The summed E-state index contributed by atoms with van der Waals surface area (Å²) in [5.74, 6) is -0.252. The van der Waals surface area contributed by atoms with Gasteiger partial charge in [-0.3, -0.25) is 9.59 Å². The molecule has 0 aliphatic heterocycles. The van der Waals surface area contributed by atoms with Crippen LogP contribution in [0.2, 0.25) is 0 Å². The lowest BCUT2D eigenvalue weighted by atomic mass is 10.0. The average molecular weight is 272 g/mol. The Labute approximate surface area is 119 Å². The average Bonchev–Trinajstić information content (AvgIpc) is 2.99. The monoisotopic (exact) mass is 272 g/mol. The molecule has 20 heavy (non-hydrogen) atoms. The summed E-state index contributed by atoms with van der Waals surface area (Å²) in [5.41, 5.74) is 1.69. The van der Waals surface area contributed by atoms with E-state index in [9.17, 15) is 9.59 Å². The number of esters is 1. The first-order chi connectivity index (χ1) is 9.50. The lowest BCUT2D eigenvalue weighted by Gasteiger charge is -2.02. The predicted molar refractivity (Wildman–Crippen MR) is 77.1 cm³/mol. The predicted octanol–water partition coefficient (Wildman–Crippen LogP) is 2.80. The molecule has 0 saturated heterocycles. The van der Waals surface area contributed by atoms with Gasteiger partial charge in [0.1, 0.15) is 6.29 Å². The molecule has 0 unspecified atom stereocenters. The fraction of sp³-hybridized carbons (Fsp3) is 0.412. The summed E-state index contributed by atoms with van der Waals surface area (Å²) in [6.07, 6.45) is 3.42. The summed E-state index contributed by atoms with van der Waals surface area (Å²) in [6.45, 7) is 4.06. The first kappa shape index (κ1) is 14.5. The lowest BCUT2D eigenvalue weighted by molar-refractivity contribution is -0.143. The van der Waals surface area contributed by atoms with Crippen molar-refractivity contribution in [2.24, 2.45) is 17.3 Å². The molecule has 106 valence electrons. The molecule has 0 heterocycles. The fourth-order valence-corrected chi connectivity index (χ4v) is 2.77. The van der Waals surface area contributed by atoms with Gasteiger partial charge in [-0.15, -0.1) is 0 Å².